The first-order valence-electron chi connectivity index (χ1n) is 11.2. The molecule has 1 atom stereocenters. The van der Waals surface area contributed by atoms with Gasteiger partial charge in [-0.1, -0.05) is 44.7 Å². The summed E-state index contributed by atoms with van der Waals surface area (Å²) in [5.41, 5.74) is 5.12. The summed E-state index contributed by atoms with van der Waals surface area (Å²) in [6, 6.07) is 7.95. The maximum atomic E-state index is 12.3. The van der Waals surface area contributed by atoms with E-state index in [0.717, 1.165) is 52.1 Å². The van der Waals surface area contributed by atoms with E-state index in [0.29, 0.717) is 18.6 Å². The predicted molar refractivity (Wildman–Crippen MR) is 122 cm³/mol. The molecule has 4 heteroatoms. The molecule has 0 spiro atoms. The van der Waals surface area contributed by atoms with Crippen molar-refractivity contribution in [1.82, 2.24) is 0 Å². The Balaban J connectivity index is 1.72. The molecule has 1 amide bonds. The summed E-state index contributed by atoms with van der Waals surface area (Å²) < 4.78 is 6.47. The Morgan fingerprint density at radius 3 is 2.57 bits per heavy atom. The summed E-state index contributed by atoms with van der Waals surface area (Å²) in [6.07, 6.45) is 6.94. The van der Waals surface area contributed by atoms with E-state index >= 15 is 0 Å². The molecule has 2 aromatic rings. The van der Waals surface area contributed by atoms with Crippen LogP contribution in [-0.4, -0.2) is 11.0 Å². The minimum atomic E-state index is -0.529. The molecule has 2 aromatic carbocycles. The highest BCUT2D eigenvalue weighted by molar-refractivity contribution is 5.90. The fourth-order valence-corrected chi connectivity index (χ4v) is 4.32. The van der Waals surface area contributed by atoms with Crippen molar-refractivity contribution in [2.75, 3.05) is 5.32 Å². The maximum absolute atomic E-state index is 12.3. The summed E-state index contributed by atoms with van der Waals surface area (Å²) in [4.78, 5) is 12.3. The zero-order valence-corrected chi connectivity index (χ0v) is 19.0. The second kappa shape index (κ2) is 9.11. The minimum Gasteiger partial charge on any atom is -0.507 e. The highest BCUT2D eigenvalue weighted by atomic mass is 16.5. The molecule has 1 aliphatic rings. The third kappa shape index (κ3) is 4.48. The number of hydrogen-bond donors (Lipinski definition) is 2. The van der Waals surface area contributed by atoms with Gasteiger partial charge in [0.2, 0.25) is 5.91 Å². The number of carbonyl (C=O) groups is 1. The summed E-state index contributed by atoms with van der Waals surface area (Å²) in [6.45, 7) is 10.1. The van der Waals surface area contributed by atoms with Gasteiger partial charge in [0.25, 0.3) is 0 Å². The van der Waals surface area contributed by atoms with Crippen molar-refractivity contribution < 1.29 is 14.6 Å². The molecular formula is C26H35NO3. The van der Waals surface area contributed by atoms with Crippen molar-refractivity contribution in [2.45, 2.75) is 85.2 Å². The lowest BCUT2D eigenvalue weighted by Crippen LogP contribution is -2.27. The van der Waals surface area contributed by atoms with Crippen LogP contribution in [0.25, 0.3) is 0 Å². The topological polar surface area (TPSA) is 58.6 Å². The number of phenolic OH excluding ortho intramolecular Hbond substituents is 1. The van der Waals surface area contributed by atoms with E-state index in [1.165, 1.54) is 19.3 Å². The van der Waals surface area contributed by atoms with Crippen LogP contribution < -0.4 is 10.1 Å². The van der Waals surface area contributed by atoms with Crippen LogP contribution in [0.5, 0.6) is 11.5 Å². The molecule has 2 N–H and O–H groups in total. The highest BCUT2D eigenvalue weighted by Crippen LogP contribution is 2.48. The van der Waals surface area contributed by atoms with Crippen LogP contribution in [0.15, 0.2) is 24.3 Å². The molecule has 0 radical (unpaired) electrons. The third-order valence-corrected chi connectivity index (χ3v) is 6.45. The first-order valence-corrected chi connectivity index (χ1v) is 11.2. The first-order chi connectivity index (χ1) is 14.3. The van der Waals surface area contributed by atoms with E-state index in [9.17, 15) is 9.90 Å². The molecule has 0 aromatic heterocycles. The standard InChI is InChI=1S/C26H35NO3/c1-6-7-8-9-10-14-23(28)27-21-13-11-12-20(15-21)26(5)16-22-19(4)24(29)17(2)18(3)25(22)30-26/h11-13,15,29H,6-10,14,16H2,1-5H3,(H,27,28). The van der Waals surface area contributed by atoms with E-state index in [1.54, 1.807) is 0 Å². The first kappa shape index (κ1) is 22.2. The molecule has 30 heavy (non-hydrogen) atoms. The molecule has 1 heterocycles. The Labute approximate surface area is 180 Å². The van der Waals surface area contributed by atoms with Crippen molar-refractivity contribution in [3.05, 3.63) is 52.1 Å². The maximum Gasteiger partial charge on any atom is 0.224 e. The lowest BCUT2D eigenvalue weighted by atomic mass is 9.88. The smallest absolute Gasteiger partial charge is 0.224 e. The second-order valence-corrected chi connectivity index (χ2v) is 8.83. The number of amides is 1. The molecular weight excluding hydrogens is 374 g/mol. The van der Waals surface area contributed by atoms with E-state index in [-0.39, 0.29) is 5.91 Å². The number of aromatic hydroxyl groups is 1. The van der Waals surface area contributed by atoms with Crippen molar-refractivity contribution in [1.29, 1.82) is 0 Å². The number of benzene rings is 2. The zero-order valence-electron chi connectivity index (χ0n) is 19.0. The number of nitrogens with one attached hydrogen (secondary N) is 1. The minimum absolute atomic E-state index is 0.0664. The number of phenols is 1. The molecule has 4 nitrogen and oxygen atoms in total. The molecule has 0 fully saturated rings. The molecule has 162 valence electrons. The Kier molecular flexibility index (Phi) is 6.74. The van der Waals surface area contributed by atoms with Gasteiger partial charge in [-0.2, -0.15) is 0 Å². The molecule has 1 unspecified atom stereocenters. The summed E-state index contributed by atoms with van der Waals surface area (Å²) in [5.74, 6) is 1.31. The van der Waals surface area contributed by atoms with Crippen molar-refractivity contribution in [2.24, 2.45) is 0 Å². The van der Waals surface area contributed by atoms with Crippen LogP contribution in [0.4, 0.5) is 5.69 Å². The molecule has 0 saturated carbocycles. The van der Waals surface area contributed by atoms with Crippen LogP contribution in [0.1, 0.15) is 80.2 Å². The van der Waals surface area contributed by atoms with Gasteiger partial charge >= 0.3 is 0 Å². The van der Waals surface area contributed by atoms with Crippen LogP contribution in [-0.2, 0) is 16.8 Å². The predicted octanol–water partition coefficient (Wildman–Crippen LogP) is 6.47. The van der Waals surface area contributed by atoms with Gasteiger partial charge in [0.1, 0.15) is 17.1 Å². The van der Waals surface area contributed by atoms with Crippen molar-refractivity contribution >= 4 is 11.6 Å². The number of ether oxygens (including phenoxy) is 1. The van der Waals surface area contributed by atoms with Gasteiger partial charge in [-0.3, -0.25) is 4.79 Å². The van der Waals surface area contributed by atoms with E-state index in [4.69, 9.17) is 4.74 Å². The fourth-order valence-electron chi connectivity index (χ4n) is 4.32. The van der Waals surface area contributed by atoms with Gasteiger partial charge in [0.15, 0.2) is 0 Å². The number of carbonyl (C=O) groups excluding carboxylic acids is 1. The average Bonchev–Trinajstić information content (AvgIpc) is 3.10. The Bertz CT molecular complexity index is 895. The van der Waals surface area contributed by atoms with Crippen LogP contribution in [0, 0.1) is 20.8 Å². The molecule has 3 rings (SSSR count). The lowest BCUT2D eigenvalue weighted by molar-refractivity contribution is -0.116. The monoisotopic (exact) mass is 409 g/mol. The van der Waals surface area contributed by atoms with Crippen LogP contribution >= 0.6 is 0 Å². The van der Waals surface area contributed by atoms with Gasteiger partial charge in [-0.25, -0.2) is 0 Å². The number of fused-ring (bicyclic) bond motifs is 1. The Morgan fingerprint density at radius 2 is 1.83 bits per heavy atom. The molecule has 1 aliphatic heterocycles. The normalized spacial score (nSPS) is 17.5. The van der Waals surface area contributed by atoms with E-state index in [1.807, 2.05) is 45.0 Å². The third-order valence-electron chi connectivity index (χ3n) is 6.45. The quantitative estimate of drug-likeness (QED) is 0.491. The number of hydrogen-bond acceptors (Lipinski definition) is 3. The van der Waals surface area contributed by atoms with E-state index in [2.05, 4.69) is 19.2 Å². The summed E-state index contributed by atoms with van der Waals surface area (Å²) in [5, 5.41) is 13.5. The van der Waals surface area contributed by atoms with E-state index < -0.39 is 5.60 Å². The lowest BCUT2D eigenvalue weighted by Gasteiger charge is -2.25. The fraction of sp³-hybridized carbons (Fsp3) is 0.500. The van der Waals surface area contributed by atoms with Gasteiger partial charge in [-0.15, -0.1) is 0 Å². The number of unbranched alkanes of at least 4 members (excludes halogenated alkanes) is 4. The SMILES string of the molecule is CCCCCCCC(=O)Nc1cccc(C2(C)Cc3c(C)c(O)c(C)c(C)c3O2)c1. The Hall–Kier alpha value is -2.49. The Morgan fingerprint density at radius 1 is 1.10 bits per heavy atom. The highest BCUT2D eigenvalue weighted by Gasteiger charge is 2.39. The summed E-state index contributed by atoms with van der Waals surface area (Å²) in [7, 11) is 0. The second-order valence-electron chi connectivity index (χ2n) is 8.83. The van der Waals surface area contributed by atoms with Crippen molar-refractivity contribution in [3.8, 4) is 11.5 Å². The van der Waals surface area contributed by atoms with Crippen LogP contribution in [0.3, 0.4) is 0 Å². The van der Waals surface area contributed by atoms with Gasteiger partial charge in [-0.05, 0) is 68.5 Å². The van der Waals surface area contributed by atoms with Gasteiger partial charge in [0.05, 0.1) is 0 Å². The average molecular weight is 410 g/mol. The van der Waals surface area contributed by atoms with Gasteiger partial charge < -0.3 is 15.2 Å². The number of rotatable bonds is 8. The largest absolute Gasteiger partial charge is 0.507 e. The molecule has 0 bridgehead atoms. The van der Waals surface area contributed by atoms with Gasteiger partial charge in [0, 0.05) is 24.1 Å². The van der Waals surface area contributed by atoms with Crippen molar-refractivity contribution in [3.63, 3.8) is 0 Å². The molecule has 0 saturated heterocycles. The zero-order chi connectivity index (χ0) is 21.9. The number of anilines is 1. The summed E-state index contributed by atoms with van der Waals surface area (Å²) >= 11 is 0. The van der Waals surface area contributed by atoms with Crippen LogP contribution in [0.2, 0.25) is 0 Å². The molecule has 0 aliphatic carbocycles.